The maximum atomic E-state index is 11.9. The molecule has 1 saturated heterocycles. The van der Waals surface area contributed by atoms with E-state index in [1.54, 1.807) is 0 Å². The Kier molecular flexibility index (Phi) is 6.52. The van der Waals surface area contributed by atoms with Gasteiger partial charge in [0.1, 0.15) is 0 Å². The molecule has 1 amide bonds. The number of nitrogens with zero attached hydrogens (tertiary/aromatic N) is 1. The normalized spacial score (nSPS) is 20.6. The lowest BCUT2D eigenvalue weighted by molar-refractivity contribution is -0.129. The maximum Gasteiger partial charge on any atom is 0.240 e. The minimum absolute atomic E-state index is 0.0524. The lowest BCUT2D eigenvalue weighted by Crippen LogP contribution is -2.31. The average molecular weight is 242 g/mol. The molecule has 0 bridgehead atoms. The van der Waals surface area contributed by atoms with Crippen molar-refractivity contribution in [1.29, 1.82) is 0 Å². The monoisotopic (exact) mass is 242 g/mol. The van der Waals surface area contributed by atoms with E-state index >= 15 is 0 Å². The van der Waals surface area contributed by atoms with Gasteiger partial charge in [-0.2, -0.15) is 0 Å². The number of carbonyl (C=O) groups is 1. The highest BCUT2D eigenvalue weighted by Gasteiger charge is 2.29. The Morgan fingerprint density at radius 3 is 2.94 bits per heavy atom. The molecule has 17 heavy (non-hydrogen) atoms. The molecule has 0 aromatic carbocycles. The fourth-order valence-corrected chi connectivity index (χ4v) is 1.99. The van der Waals surface area contributed by atoms with Gasteiger partial charge in [-0.15, -0.1) is 0 Å². The number of hydrogen-bond donors (Lipinski definition) is 1. The SMILES string of the molecule is CCCC1NCN(CCCOCC(C)C)C1=O. The smallest absolute Gasteiger partial charge is 0.240 e. The first-order chi connectivity index (χ1) is 8.15. The summed E-state index contributed by atoms with van der Waals surface area (Å²) in [5, 5.41) is 3.25. The first kappa shape index (κ1) is 14.5. The van der Waals surface area contributed by atoms with Crippen molar-refractivity contribution in [3.63, 3.8) is 0 Å². The summed E-state index contributed by atoms with van der Waals surface area (Å²) in [6.45, 7) is 9.47. The highest BCUT2D eigenvalue weighted by Crippen LogP contribution is 2.09. The summed E-state index contributed by atoms with van der Waals surface area (Å²) in [5.74, 6) is 0.842. The molecule has 100 valence electrons. The summed E-state index contributed by atoms with van der Waals surface area (Å²) in [7, 11) is 0. The van der Waals surface area contributed by atoms with Gasteiger partial charge in [0.15, 0.2) is 0 Å². The van der Waals surface area contributed by atoms with Gasteiger partial charge in [0.25, 0.3) is 0 Å². The van der Waals surface area contributed by atoms with Crippen molar-refractivity contribution in [1.82, 2.24) is 10.2 Å². The lowest BCUT2D eigenvalue weighted by atomic mass is 10.2. The molecule has 1 fully saturated rings. The van der Waals surface area contributed by atoms with Crippen LogP contribution in [0.5, 0.6) is 0 Å². The Hall–Kier alpha value is -0.610. The minimum Gasteiger partial charge on any atom is -0.381 e. The van der Waals surface area contributed by atoms with Gasteiger partial charge in [-0.05, 0) is 18.8 Å². The van der Waals surface area contributed by atoms with Crippen LogP contribution in [0.2, 0.25) is 0 Å². The number of amides is 1. The van der Waals surface area contributed by atoms with Crippen molar-refractivity contribution in [2.45, 2.75) is 46.1 Å². The topological polar surface area (TPSA) is 41.6 Å². The van der Waals surface area contributed by atoms with E-state index in [-0.39, 0.29) is 11.9 Å². The summed E-state index contributed by atoms with van der Waals surface area (Å²) in [4.78, 5) is 13.8. The summed E-state index contributed by atoms with van der Waals surface area (Å²) < 4.78 is 5.51. The van der Waals surface area contributed by atoms with Gasteiger partial charge in [-0.3, -0.25) is 10.1 Å². The van der Waals surface area contributed by atoms with E-state index in [1.807, 2.05) is 4.90 Å². The van der Waals surface area contributed by atoms with E-state index in [9.17, 15) is 4.79 Å². The average Bonchev–Trinajstić information content (AvgIpc) is 2.61. The molecule has 1 aliphatic heterocycles. The molecule has 0 spiro atoms. The van der Waals surface area contributed by atoms with Crippen molar-refractivity contribution >= 4 is 5.91 Å². The van der Waals surface area contributed by atoms with Crippen LogP contribution in [0.15, 0.2) is 0 Å². The third-order valence-corrected chi connectivity index (χ3v) is 2.88. The van der Waals surface area contributed by atoms with Crippen LogP contribution in [0.25, 0.3) is 0 Å². The quantitative estimate of drug-likeness (QED) is 0.657. The van der Waals surface area contributed by atoms with Gasteiger partial charge in [0.05, 0.1) is 12.7 Å². The van der Waals surface area contributed by atoms with Crippen molar-refractivity contribution < 1.29 is 9.53 Å². The Labute approximate surface area is 105 Å². The van der Waals surface area contributed by atoms with Crippen LogP contribution in [-0.4, -0.2) is 43.3 Å². The van der Waals surface area contributed by atoms with Crippen LogP contribution < -0.4 is 5.32 Å². The summed E-state index contributed by atoms with van der Waals surface area (Å²) >= 11 is 0. The number of hydrogen-bond acceptors (Lipinski definition) is 3. The molecule has 4 heteroatoms. The van der Waals surface area contributed by atoms with E-state index in [1.165, 1.54) is 0 Å². The first-order valence-electron chi connectivity index (χ1n) is 6.75. The predicted octanol–water partition coefficient (Wildman–Crippen LogP) is 1.61. The summed E-state index contributed by atoms with van der Waals surface area (Å²) in [5.41, 5.74) is 0. The molecule has 0 aromatic rings. The van der Waals surface area contributed by atoms with Crippen molar-refractivity contribution in [2.75, 3.05) is 26.4 Å². The van der Waals surface area contributed by atoms with Gasteiger partial charge in [-0.1, -0.05) is 27.2 Å². The molecule has 0 saturated carbocycles. The molecular formula is C13H26N2O2. The van der Waals surface area contributed by atoms with Crippen molar-refractivity contribution in [2.24, 2.45) is 5.92 Å². The molecule has 1 rings (SSSR count). The second kappa shape index (κ2) is 7.67. The number of nitrogens with one attached hydrogen (secondary N) is 1. The zero-order valence-corrected chi connectivity index (χ0v) is 11.4. The van der Waals surface area contributed by atoms with E-state index in [4.69, 9.17) is 4.74 Å². The van der Waals surface area contributed by atoms with Crippen LogP contribution in [0.3, 0.4) is 0 Å². The Morgan fingerprint density at radius 2 is 2.29 bits per heavy atom. The van der Waals surface area contributed by atoms with Crippen molar-refractivity contribution in [3.8, 4) is 0 Å². The number of rotatable bonds is 8. The zero-order chi connectivity index (χ0) is 12.7. The molecule has 4 nitrogen and oxygen atoms in total. The molecule has 1 aliphatic rings. The van der Waals surface area contributed by atoms with Crippen molar-refractivity contribution in [3.05, 3.63) is 0 Å². The van der Waals surface area contributed by atoms with Gasteiger partial charge < -0.3 is 9.64 Å². The van der Waals surface area contributed by atoms with Gasteiger partial charge in [0, 0.05) is 19.8 Å². The highest BCUT2D eigenvalue weighted by atomic mass is 16.5. The summed E-state index contributed by atoms with van der Waals surface area (Å²) in [6, 6.07) is 0.0524. The van der Waals surface area contributed by atoms with Crippen LogP contribution in [-0.2, 0) is 9.53 Å². The van der Waals surface area contributed by atoms with Crippen LogP contribution in [0.1, 0.15) is 40.0 Å². The third kappa shape index (κ3) is 5.04. The first-order valence-corrected chi connectivity index (χ1v) is 6.75. The number of ether oxygens (including phenoxy) is 1. The third-order valence-electron chi connectivity index (χ3n) is 2.88. The van der Waals surface area contributed by atoms with E-state index < -0.39 is 0 Å². The molecule has 1 heterocycles. The lowest BCUT2D eigenvalue weighted by Gasteiger charge is -2.15. The molecular weight excluding hydrogens is 216 g/mol. The Balaban J connectivity index is 2.10. The minimum atomic E-state index is 0.0524. The molecule has 1 unspecified atom stereocenters. The zero-order valence-electron chi connectivity index (χ0n) is 11.4. The van der Waals surface area contributed by atoms with Crippen LogP contribution in [0.4, 0.5) is 0 Å². The van der Waals surface area contributed by atoms with Gasteiger partial charge in [-0.25, -0.2) is 0 Å². The molecule has 0 aliphatic carbocycles. The fourth-order valence-electron chi connectivity index (χ4n) is 1.99. The van der Waals surface area contributed by atoms with E-state index in [0.29, 0.717) is 12.6 Å². The van der Waals surface area contributed by atoms with Crippen LogP contribution >= 0.6 is 0 Å². The molecule has 1 atom stereocenters. The second-order valence-electron chi connectivity index (χ2n) is 5.13. The van der Waals surface area contributed by atoms with Gasteiger partial charge >= 0.3 is 0 Å². The Morgan fingerprint density at radius 1 is 1.53 bits per heavy atom. The van der Waals surface area contributed by atoms with Crippen LogP contribution in [0, 0.1) is 5.92 Å². The fraction of sp³-hybridized carbons (Fsp3) is 0.923. The number of carbonyl (C=O) groups excluding carboxylic acids is 1. The summed E-state index contributed by atoms with van der Waals surface area (Å²) in [6.07, 6.45) is 2.92. The molecule has 1 N–H and O–H groups in total. The Bertz CT molecular complexity index is 231. The van der Waals surface area contributed by atoms with E-state index in [0.717, 1.165) is 39.0 Å². The van der Waals surface area contributed by atoms with E-state index in [2.05, 4.69) is 26.1 Å². The van der Waals surface area contributed by atoms with Gasteiger partial charge in [0.2, 0.25) is 5.91 Å². The predicted molar refractivity (Wildman–Crippen MR) is 68.7 cm³/mol. The maximum absolute atomic E-state index is 11.9. The molecule has 0 radical (unpaired) electrons. The standard InChI is InChI=1S/C13H26N2O2/c1-4-6-12-13(16)15(10-14-12)7-5-8-17-9-11(2)3/h11-12,14H,4-10H2,1-3H3. The largest absolute Gasteiger partial charge is 0.381 e. The second-order valence-corrected chi connectivity index (χ2v) is 5.13. The molecule has 0 aromatic heterocycles. The highest BCUT2D eigenvalue weighted by molar-refractivity contribution is 5.83.